The van der Waals surface area contributed by atoms with Crippen molar-refractivity contribution < 1.29 is 19.8 Å². The van der Waals surface area contributed by atoms with Gasteiger partial charge in [0.1, 0.15) is 5.75 Å². The molecular formula is C19H24Cl2N2O4. The van der Waals surface area contributed by atoms with Crippen LogP contribution in [0.2, 0.25) is 10.0 Å². The molecule has 1 aliphatic rings. The van der Waals surface area contributed by atoms with Gasteiger partial charge >= 0.3 is 0 Å². The van der Waals surface area contributed by atoms with Crippen LogP contribution in [0.15, 0.2) is 24.8 Å². The lowest BCUT2D eigenvalue weighted by Crippen LogP contribution is -2.52. The third-order valence-electron chi connectivity index (χ3n) is 4.72. The number of hydrogen-bond donors (Lipinski definition) is 2. The Morgan fingerprint density at radius 2 is 2.04 bits per heavy atom. The van der Waals surface area contributed by atoms with Crippen LogP contribution in [-0.2, 0) is 16.0 Å². The fourth-order valence-electron chi connectivity index (χ4n) is 3.31. The van der Waals surface area contributed by atoms with Gasteiger partial charge in [-0.15, -0.1) is 0 Å². The quantitative estimate of drug-likeness (QED) is 0.671. The number of rotatable bonds is 7. The molecule has 0 saturated carbocycles. The average Bonchev–Trinajstić information content (AvgIpc) is 2.67. The zero-order chi connectivity index (χ0) is 20.0. The van der Waals surface area contributed by atoms with E-state index in [1.807, 2.05) is 0 Å². The molecule has 0 radical (unpaired) electrons. The normalized spacial score (nSPS) is 16.9. The van der Waals surface area contributed by atoms with Gasteiger partial charge in [-0.3, -0.25) is 9.59 Å². The zero-order valence-electron chi connectivity index (χ0n) is 15.0. The smallest absolute Gasteiger partial charge is 0.246 e. The Morgan fingerprint density at radius 3 is 2.70 bits per heavy atom. The van der Waals surface area contributed by atoms with Crippen molar-refractivity contribution in [2.45, 2.75) is 31.7 Å². The second-order valence-electron chi connectivity index (χ2n) is 6.49. The number of aliphatic hydroxyl groups is 1. The van der Waals surface area contributed by atoms with E-state index in [0.717, 1.165) is 12.8 Å². The van der Waals surface area contributed by atoms with Gasteiger partial charge in [-0.25, -0.2) is 0 Å². The lowest BCUT2D eigenvalue weighted by atomic mass is 10.0. The predicted octanol–water partition coefficient (Wildman–Crippen LogP) is 2.63. The lowest BCUT2D eigenvalue weighted by Gasteiger charge is -2.39. The van der Waals surface area contributed by atoms with Gasteiger partial charge in [0.05, 0.1) is 16.7 Å². The zero-order valence-corrected chi connectivity index (χ0v) is 16.5. The van der Waals surface area contributed by atoms with Gasteiger partial charge in [0.15, 0.2) is 0 Å². The largest absolute Gasteiger partial charge is 0.508 e. The summed E-state index contributed by atoms with van der Waals surface area (Å²) in [5.41, 5.74) is 0.565. The lowest BCUT2D eigenvalue weighted by molar-refractivity contribution is -0.137. The molecular weight excluding hydrogens is 391 g/mol. The first-order valence-electron chi connectivity index (χ1n) is 8.86. The number of amides is 2. The fourth-order valence-corrected chi connectivity index (χ4v) is 3.66. The Kier molecular flexibility index (Phi) is 7.95. The number of halogens is 2. The molecule has 2 N–H and O–H groups in total. The van der Waals surface area contributed by atoms with E-state index in [-0.39, 0.29) is 48.2 Å². The first kappa shape index (κ1) is 21.5. The fraction of sp³-hybridized carbons (Fsp3) is 0.474. The van der Waals surface area contributed by atoms with Crippen molar-refractivity contribution in [3.05, 3.63) is 40.4 Å². The number of aromatic hydroxyl groups is 1. The highest BCUT2D eigenvalue weighted by Crippen LogP contribution is 2.30. The maximum Gasteiger partial charge on any atom is 0.246 e. The summed E-state index contributed by atoms with van der Waals surface area (Å²) in [6.45, 7) is 4.62. The van der Waals surface area contributed by atoms with Crippen molar-refractivity contribution in [2.24, 2.45) is 0 Å². The van der Waals surface area contributed by atoms with Gasteiger partial charge in [-0.1, -0.05) is 29.8 Å². The molecule has 1 saturated heterocycles. The van der Waals surface area contributed by atoms with Crippen molar-refractivity contribution in [1.29, 1.82) is 0 Å². The van der Waals surface area contributed by atoms with E-state index in [1.54, 1.807) is 15.9 Å². The van der Waals surface area contributed by atoms with Gasteiger partial charge in [0.2, 0.25) is 11.8 Å². The molecule has 27 heavy (non-hydrogen) atoms. The van der Waals surface area contributed by atoms with E-state index in [2.05, 4.69) is 6.58 Å². The maximum atomic E-state index is 12.6. The Labute approximate surface area is 169 Å². The molecule has 1 aromatic rings. The summed E-state index contributed by atoms with van der Waals surface area (Å²) < 4.78 is 0. The van der Waals surface area contributed by atoms with Crippen LogP contribution < -0.4 is 0 Å². The molecule has 1 heterocycles. The van der Waals surface area contributed by atoms with Crippen LogP contribution in [-0.4, -0.2) is 64.1 Å². The molecule has 1 aliphatic heterocycles. The molecule has 0 aliphatic carbocycles. The second kappa shape index (κ2) is 9.97. The highest BCUT2D eigenvalue weighted by atomic mass is 35.5. The summed E-state index contributed by atoms with van der Waals surface area (Å²) in [5.74, 6) is -0.288. The first-order valence-corrected chi connectivity index (χ1v) is 9.61. The molecule has 2 amide bonds. The standard InChI is InChI=1S/C19H24Cl2N2O4/c1-2-18(26)23(8-9-24)14-4-3-7-22(12-14)19(27)6-5-13-10-15(20)16(21)11-17(13)25/h2,10-11,14,24-25H,1,3-9,12H2/t14-/m1/s1. The Hall–Kier alpha value is -1.76. The van der Waals surface area contributed by atoms with E-state index in [1.165, 1.54) is 12.1 Å². The number of benzene rings is 1. The SMILES string of the molecule is C=CC(=O)N(CCO)[C@@H]1CCCN(C(=O)CCc2cc(Cl)c(Cl)cc2O)C1. The summed E-state index contributed by atoms with van der Waals surface area (Å²) in [4.78, 5) is 27.9. The van der Waals surface area contributed by atoms with Crippen molar-refractivity contribution >= 4 is 35.0 Å². The first-order chi connectivity index (χ1) is 12.9. The minimum Gasteiger partial charge on any atom is -0.508 e. The molecule has 0 bridgehead atoms. The number of piperidine rings is 1. The number of carbonyl (C=O) groups excluding carboxylic acids is 2. The third kappa shape index (κ3) is 5.61. The van der Waals surface area contributed by atoms with Gasteiger partial charge < -0.3 is 20.0 Å². The topological polar surface area (TPSA) is 81.1 Å². The minimum absolute atomic E-state index is 0.0134. The summed E-state index contributed by atoms with van der Waals surface area (Å²) in [6.07, 6.45) is 3.34. The van der Waals surface area contributed by atoms with Crippen molar-refractivity contribution in [1.82, 2.24) is 9.80 Å². The van der Waals surface area contributed by atoms with Crippen LogP contribution >= 0.6 is 23.2 Å². The highest BCUT2D eigenvalue weighted by Gasteiger charge is 2.29. The van der Waals surface area contributed by atoms with Gasteiger partial charge in [0, 0.05) is 38.2 Å². The van der Waals surface area contributed by atoms with Crippen molar-refractivity contribution in [2.75, 3.05) is 26.2 Å². The molecule has 0 aromatic heterocycles. The molecule has 2 rings (SSSR count). The Balaban J connectivity index is 1.99. The predicted molar refractivity (Wildman–Crippen MR) is 105 cm³/mol. The van der Waals surface area contributed by atoms with E-state index >= 15 is 0 Å². The molecule has 6 nitrogen and oxygen atoms in total. The summed E-state index contributed by atoms with van der Waals surface area (Å²) >= 11 is 11.8. The Bertz CT molecular complexity index is 711. The summed E-state index contributed by atoms with van der Waals surface area (Å²) in [5, 5.41) is 19.8. The molecule has 1 fully saturated rings. The number of phenols is 1. The average molecular weight is 415 g/mol. The van der Waals surface area contributed by atoms with Crippen LogP contribution in [0.1, 0.15) is 24.8 Å². The number of likely N-dealkylation sites (tertiary alicyclic amines) is 1. The third-order valence-corrected chi connectivity index (χ3v) is 5.44. The maximum absolute atomic E-state index is 12.6. The number of aliphatic hydroxyl groups excluding tert-OH is 1. The van der Waals surface area contributed by atoms with Crippen LogP contribution in [0.3, 0.4) is 0 Å². The van der Waals surface area contributed by atoms with Gasteiger partial charge in [-0.2, -0.15) is 0 Å². The molecule has 148 valence electrons. The monoisotopic (exact) mass is 414 g/mol. The summed E-state index contributed by atoms with van der Waals surface area (Å²) in [7, 11) is 0. The number of hydrogen-bond acceptors (Lipinski definition) is 4. The molecule has 1 aromatic carbocycles. The van der Waals surface area contributed by atoms with Crippen LogP contribution in [0, 0.1) is 0 Å². The van der Waals surface area contributed by atoms with Crippen LogP contribution in [0.5, 0.6) is 5.75 Å². The number of carbonyl (C=O) groups is 2. The number of nitrogens with zero attached hydrogens (tertiary/aromatic N) is 2. The molecule has 0 spiro atoms. The minimum atomic E-state index is -0.246. The van der Waals surface area contributed by atoms with Crippen molar-refractivity contribution in [3.63, 3.8) is 0 Å². The highest BCUT2D eigenvalue weighted by molar-refractivity contribution is 6.42. The van der Waals surface area contributed by atoms with Gasteiger partial charge in [0.25, 0.3) is 0 Å². The van der Waals surface area contributed by atoms with E-state index < -0.39 is 0 Å². The second-order valence-corrected chi connectivity index (χ2v) is 7.30. The van der Waals surface area contributed by atoms with Crippen LogP contribution in [0.25, 0.3) is 0 Å². The van der Waals surface area contributed by atoms with E-state index in [4.69, 9.17) is 23.2 Å². The Morgan fingerprint density at radius 1 is 1.33 bits per heavy atom. The number of phenolic OH excluding ortho intramolecular Hbond substituents is 1. The van der Waals surface area contributed by atoms with Gasteiger partial charge in [-0.05, 0) is 37.0 Å². The molecule has 1 atom stereocenters. The molecule has 0 unspecified atom stereocenters. The van der Waals surface area contributed by atoms with E-state index in [0.29, 0.717) is 30.1 Å². The number of aryl methyl sites for hydroxylation is 1. The molecule has 8 heteroatoms. The van der Waals surface area contributed by atoms with Crippen molar-refractivity contribution in [3.8, 4) is 5.75 Å². The van der Waals surface area contributed by atoms with Crippen LogP contribution in [0.4, 0.5) is 0 Å². The summed E-state index contributed by atoms with van der Waals surface area (Å²) in [6, 6.07) is 2.80. The van der Waals surface area contributed by atoms with E-state index in [9.17, 15) is 19.8 Å².